The molecule has 0 saturated heterocycles. The van der Waals surface area contributed by atoms with Gasteiger partial charge < -0.3 is 14.6 Å². The number of carbonyl (C=O) groups excluding carboxylic acids is 3. The lowest BCUT2D eigenvalue weighted by molar-refractivity contribution is -0.313. The molecule has 2 atom stereocenters. The minimum atomic E-state index is -1.26. The molecule has 1 fully saturated rings. The summed E-state index contributed by atoms with van der Waals surface area (Å²) in [7, 11) is 0. The molecule has 7 nitrogen and oxygen atoms in total. The molecule has 0 unspecified atom stereocenters. The Balaban J connectivity index is 1.51. The third kappa shape index (κ3) is 4.87. The lowest BCUT2D eigenvalue weighted by Gasteiger charge is -2.28. The number of carboxylic acids is 1. The summed E-state index contributed by atoms with van der Waals surface area (Å²) < 4.78 is 5.85. The second-order valence-electron chi connectivity index (χ2n) is 6.97. The number of ether oxygens (including phenoxy) is 1. The van der Waals surface area contributed by atoms with Crippen LogP contribution in [0.1, 0.15) is 48.9 Å². The Bertz CT molecular complexity index is 722. The topological polar surface area (TPSA) is 108 Å². The first-order valence-electron chi connectivity index (χ1n) is 9.27. The SMILES string of the molecule is O=C(NNC(=O)[C@@H]1CC=CC[C@@H]1C(=O)[O-])c1ccc(OC2CCCC2)cc1. The van der Waals surface area contributed by atoms with Crippen molar-refractivity contribution in [3.05, 3.63) is 42.0 Å². The molecule has 1 aromatic carbocycles. The molecule has 27 heavy (non-hydrogen) atoms. The Labute approximate surface area is 157 Å². The fourth-order valence-electron chi connectivity index (χ4n) is 3.53. The highest BCUT2D eigenvalue weighted by molar-refractivity contribution is 5.96. The Hall–Kier alpha value is -2.83. The summed E-state index contributed by atoms with van der Waals surface area (Å²) in [4.78, 5) is 35.6. The number of hydrazine groups is 1. The smallest absolute Gasteiger partial charge is 0.269 e. The molecule has 0 aromatic heterocycles. The molecule has 0 aliphatic heterocycles. The van der Waals surface area contributed by atoms with Crippen LogP contribution < -0.4 is 20.7 Å². The molecular weight excluding hydrogens is 348 g/mol. The Morgan fingerprint density at radius 3 is 2.19 bits per heavy atom. The largest absolute Gasteiger partial charge is 0.550 e. The molecule has 2 N–H and O–H groups in total. The quantitative estimate of drug-likeness (QED) is 0.595. The predicted octanol–water partition coefficient (Wildman–Crippen LogP) is 1.10. The second kappa shape index (κ2) is 8.70. The molecule has 0 radical (unpaired) electrons. The van der Waals surface area contributed by atoms with E-state index in [2.05, 4.69) is 10.9 Å². The van der Waals surface area contributed by atoms with Crippen molar-refractivity contribution in [1.82, 2.24) is 10.9 Å². The van der Waals surface area contributed by atoms with Crippen molar-refractivity contribution < 1.29 is 24.2 Å². The average Bonchev–Trinajstić information content (AvgIpc) is 3.19. The number of rotatable bonds is 5. The van der Waals surface area contributed by atoms with Gasteiger partial charge in [-0.05, 0) is 62.8 Å². The predicted molar refractivity (Wildman–Crippen MR) is 95.3 cm³/mol. The molecule has 0 heterocycles. The summed E-state index contributed by atoms with van der Waals surface area (Å²) in [6, 6.07) is 6.71. The normalized spacial score (nSPS) is 22.2. The number of hydrogen-bond donors (Lipinski definition) is 2. The van der Waals surface area contributed by atoms with Crippen LogP contribution >= 0.6 is 0 Å². The number of aliphatic carboxylic acids is 1. The van der Waals surface area contributed by atoms with Crippen LogP contribution in [0.4, 0.5) is 0 Å². The first kappa shape index (κ1) is 18.9. The first-order valence-corrected chi connectivity index (χ1v) is 9.27. The van der Waals surface area contributed by atoms with Gasteiger partial charge in [-0.25, -0.2) is 0 Å². The van der Waals surface area contributed by atoms with Gasteiger partial charge in [-0.2, -0.15) is 0 Å². The van der Waals surface area contributed by atoms with Crippen molar-refractivity contribution in [2.45, 2.75) is 44.6 Å². The maximum Gasteiger partial charge on any atom is 0.269 e. The molecule has 2 aliphatic carbocycles. The van der Waals surface area contributed by atoms with Crippen molar-refractivity contribution in [1.29, 1.82) is 0 Å². The van der Waals surface area contributed by atoms with Crippen LogP contribution in [0.15, 0.2) is 36.4 Å². The molecule has 0 bridgehead atoms. The van der Waals surface area contributed by atoms with Crippen molar-refractivity contribution >= 4 is 17.8 Å². The number of carbonyl (C=O) groups is 3. The minimum Gasteiger partial charge on any atom is -0.550 e. The van der Waals surface area contributed by atoms with Crippen LogP contribution in [0.2, 0.25) is 0 Å². The summed E-state index contributed by atoms with van der Waals surface area (Å²) >= 11 is 0. The summed E-state index contributed by atoms with van der Waals surface area (Å²) in [5, 5.41) is 11.2. The van der Waals surface area contributed by atoms with Gasteiger partial charge in [0.2, 0.25) is 5.91 Å². The van der Waals surface area contributed by atoms with Crippen molar-refractivity contribution in [3.8, 4) is 5.75 Å². The van der Waals surface area contributed by atoms with E-state index in [-0.39, 0.29) is 12.5 Å². The van der Waals surface area contributed by atoms with Crippen molar-refractivity contribution in [3.63, 3.8) is 0 Å². The molecule has 144 valence electrons. The fraction of sp³-hybridized carbons (Fsp3) is 0.450. The van der Waals surface area contributed by atoms with Gasteiger partial charge in [-0.15, -0.1) is 0 Å². The third-order valence-corrected chi connectivity index (χ3v) is 5.09. The third-order valence-electron chi connectivity index (χ3n) is 5.09. The van der Waals surface area contributed by atoms with Crippen LogP contribution in [0.3, 0.4) is 0 Å². The highest BCUT2D eigenvalue weighted by Gasteiger charge is 2.30. The molecule has 7 heteroatoms. The van der Waals surface area contributed by atoms with Crippen LogP contribution in [0.25, 0.3) is 0 Å². The fourth-order valence-corrected chi connectivity index (χ4v) is 3.53. The average molecular weight is 371 g/mol. The van der Waals surface area contributed by atoms with Crippen LogP contribution in [-0.2, 0) is 9.59 Å². The molecule has 3 rings (SSSR count). The van der Waals surface area contributed by atoms with E-state index in [0.29, 0.717) is 17.7 Å². The van der Waals surface area contributed by atoms with E-state index in [4.69, 9.17) is 4.74 Å². The number of hydrogen-bond acceptors (Lipinski definition) is 5. The molecule has 2 amide bonds. The van der Waals surface area contributed by atoms with E-state index in [0.717, 1.165) is 12.8 Å². The summed E-state index contributed by atoms with van der Waals surface area (Å²) in [5.41, 5.74) is 5.01. The number of amides is 2. The first-order chi connectivity index (χ1) is 13.0. The van der Waals surface area contributed by atoms with Crippen LogP contribution in [0.5, 0.6) is 5.75 Å². The molecule has 1 saturated carbocycles. The van der Waals surface area contributed by atoms with Gasteiger partial charge in [0, 0.05) is 17.5 Å². The van der Waals surface area contributed by atoms with Gasteiger partial charge in [0.1, 0.15) is 5.75 Å². The van der Waals surface area contributed by atoms with Gasteiger partial charge >= 0.3 is 0 Å². The molecular formula is C20H23N2O5-. The van der Waals surface area contributed by atoms with Crippen LogP contribution in [-0.4, -0.2) is 23.9 Å². The van der Waals surface area contributed by atoms with E-state index in [9.17, 15) is 19.5 Å². The zero-order valence-electron chi connectivity index (χ0n) is 15.0. The Morgan fingerprint density at radius 1 is 0.926 bits per heavy atom. The van der Waals surface area contributed by atoms with E-state index in [1.54, 1.807) is 36.4 Å². The van der Waals surface area contributed by atoms with Gasteiger partial charge in [-0.3, -0.25) is 20.4 Å². The standard InChI is InChI=1S/C20H24N2O5/c23-18(13-9-11-15(12-10-13)27-14-5-1-2-6-14)21-22-19(24)16-7-3-4-8-17(16)20(25)26/h3-4,9-12,14,16-17H,1-2,5-8H2,(H,21,23)(H,22,24)(H,25,26)/p-1/t16-,17+/m1/s1. The second-order valence-corrected chi connectivity index (χ2v) is 6.97. The van der Waals surface area contributed by atoms with Crippen molar-refractivity contribution in [2.75, 3.05) is 0 Å². The maximum atomic E-state index is 12.2. The van der Waals surface area contributed by atoms with E-state index < -0.39 is 29.6 Å². The van der Waals surface area contributed by atoms with Gasteiger partial charge in [0.25, 0.3) is 5.91 Å². The number of nitrogens with one attached hydrogen (secondary N) is 2. The number of benzene rings is 1. The lowest BCUT2D eigenvalue weighted by atomic mass is 9.82. The lowest BCUT2D eigenvalue weighted by Crippen LogP contribution is -2.49. The monoisotopic (exact) mass is 371 g/mol. The zero-order chi connectivity index (χ0) is 19.2. The van der Waals surface area contributed by atoms with E-state index in [1.165, 1.54) is 12.8 Å². The Morgan fingerprint density at radius 2 is 1.56 bits per heavy atom. The van der Waals surface area contributed by atoms with E-state index in [1.807, 2.05) is 0 Å². The zero-order valence-corrected chi connectivity index (χ0v) is 15.0. The highest BCUT2D eigenvalue weighted by atomic mass is 16.5. The summed E-state index contributed by atoms with van der Waals surface area (Å²) in [6.07, 6.45) is 8.73. The number of allylic oxidation sites excluding steroid dienone is 2. The van der Waals surface area contributed by atoms with Crippen LogP contribution in [0, 0.1) is 11.8 Å². The number of carboxylic acid groups (broad SMARTS) is 1. The summed E-state index contributed by atoms with van der Waals surface area (Å²) in [5.74, 6) is -3.21. The molecule has 0 spiro atoms. The van der Waals surface area contributed by atoms with Crippen molar-refractivity contribution in [2.24, 2.45) is 11.8 Å². The Kier molecular flexibility index (Phi) is 6.11. The van der Waals surface area contributed by atoms with E-state index >= 15 is 0 Å². The summed E-state index contributed by atoms with van der Waals surface area (Å²) in [6.45, 7) is 0. The maximum absolute atomic E-state index is 12.2. The minimum absolute atomic E-state index is 0.241. The van der Waals surface area contributed by atoms with Gasteiger partial charge in [0.05, 0.1) is 12.0 Å². The highest BCUT2D eigenvalue weighted by Crippen LogP contribution is 2.25. The van der Waals surface area contributed by atoms with Gasteiger partial charge in [-0.1, -0.05) is 12.2 Å². The van der Waals surface area contributed by atoms with Gasteiger partial charge in [0.15, 0.2) is 0 Å². The molecule has 2 aliphatic rings. The molecule has 1 aromatic rings.